The first kappa shape index (κ1) is 14.8. The number of anilines is 1. The summed E-state index contributed by atoms with van der Waals surface area (Å²) in [5, 5.41) is 14.5. The Kier molecular flexibility index (Phi) is 5.60. The number of hydrogen-bond acceptors (Lipinski definition) is 5. The minimum absolute atomic E-state index is 0.177. The van der Waals surface area contributed by atoms with Gasteiger partial charge in [-0.1, -0.05) is 12.8 Å². The fourth-order valence-electron chi connectivity index (χ4n) is 2.60. The maximum atomic E-state index is 9.93. The fraction of sp³-hybridized carbons (Fsp3) is 0.786. The molecule has 1 aliphatic rings. The maximum absolute atomic E-state index is 9.93. The van der Waals surface area contributed by atoms with Crippen LogP contribution >= 0.6 is 11.3 Å². The highest BCUT2D eigenvalue weighted by molar-refractivity contribution is 7.15. The van der Waals surface area contributed by atoms with Gasteiger partial charge in [-0.15, -0.1) is 11.3 Å². The van der Waals surface area contributed by atoms with E-state index in [4.69, 9.17) is 0 Å². The Morgan fingerprint density at radius 3 is 2.79 bits per heavy atom. The van der Waals surface area contributed by atoms with Crippen LogP contribution in [0.15, 0.2) is 6.20 Å². The molecule has 1 aliphatic carbocycles. The molecule has 2 unspecified atom stereocenters. The van der Waals surface area contributed by atoms with E-state index in [-0.39, 0.29) is 12.1 Å². The second-order valence-corrected chi connectivity index (χ2v) is 6.21. The molecule has 0 radical (unpaired) electrons. The van der Waals surface area contributed by atoms with E-state index >= 15 is 0 Å². The van der Waals surface area contributed by atoms with Crippen molar-refractivity contribution in [1.29, 1.82) is 0 Å². The number of aliphatic hydroxyl groups is 1. The molecule has 4 nitrogen and oxygen atoms in total. The van der Waals surface area contributed by atoms with E-state index in [1.807, 2.05) is 6.20 Å². The van der Waals surface area contributed by atoms with Crippen molar-refractivity contribution in [3.63, 3.8) is 0 Å². The molecular weight excluding hydrogens is 258 g/mol. The summed E-state index contributed by atoms with van der Waals surface area (Å²) in [5.74, 6) is 0. The zero-order valence-electron chi connectivity index (χ0n) is 11.9. The average molecular weight is 283 g/mol. The Labute approximate surface area is 119 Å². The Morgan fingerprint density at radius 2 is 2.11 bits per heavy atom. The molecule has 5 heteroatoms. The van der Waals surface area contributed by atoms with Gasteiger partial charge in [-0.05, 0) is 26.7 Å². The lowest BCUT2D eigenvalue weighted by Gasteiger charge is -2.28. The summed E-state index contributed by atoms with van der Waals surface area (Å²) in [4.78, 5) is 8.00. The monoisotopic (exact) mass is 283 g/mol. The summed E-state index contributed by atoms with van der Waals surface area (Å²) in [6, 6.07) is 0.257. The summed E-state index contributed by atoms with van der Waals surface area (Å²) in [6.45, 7) is 7.12. The number of hydrogen-bond donors (Lipinski definition) is 2. The molecule has 2 atom stereocenters. The third-order valence-electron chi connectivity index (χ3n) is 3.84. The zero-order valence-corrected chi connectivity index (χ0v) is 12.7. The molecular formula is C14H25N3OS. The molecule has 2 N–H and O–H groups in total. The lowest BCUT2D eigenvalue weighted by atomic mass is 9.93. The first-order valence-corrected chi connectivity index (χ1v) is 8.17. The predicted octanol–water partition coefficient (Wildman–Crippen LogP) is 2.38. The van der Waals surface area contributed by atoms with Gasteiger partial charge in [0.25, 0.3) is 0 Å². The van der Waals surface area contributed by atoms with E-state index < -0.39 is 0 Å². The molecule has 0 aliphatic heterocycles. The van der Waals surface area contributed by atoms with E-state index in [1.165, 1.54) is 11.3 Å². The van der Waals surface area contributed by atoms with Gasteiger partial charge in [0.05, 0.1) is 6.10 Å². The predicted molar refractivity (Wildman–Crippen MR) is 80.8 cm³/mol. The highest BCUT2D eigenvalue weighted by Gasteiger charge is 2.22. The minimum atomic E-state index is -0.177. The van der Waals surface area contributed by atoms with Gasteiger partial charge in [-0.3, -0.25) is 0 Å². The number of thiazole rings is 1. The van der Waals surface area contributed by atoms with E-state index in [0.29, 0.717) is 0 Å². The topological polar surface area (TPSA) is 48.4 Å². The van der Waals surface area contributed by atoms with E-state index in [0.717, 1.165) is 44.0 Å². The summed E-state index contributed by atoms with van der Waals surface area (Å²) in [5.41, 5.74) is 0. The van der Waals surface area contributed by atoms with Crippen molar-refractivity contribution in [3.8, 4) is 0 Å². The Morgan fingerprint density at radius 1 is 1.37 bits per heavy atom. The van der Waals surface area contributed by atoms with Gasteiger partial charge in [-0.2, -0.15) is 0 Å². The summed E-state index contributed by atoms with van der Waals surface area (Å²) < 4.78 is 0. The standard InChI is InChI=1S/C14H25N3OS/c1-3-17(4-2)14-16-10-11(19-14)9-15-12-7-5-6-8-13(12)18/h10,12-13,15,18H,3-9H2,1-2H3. The van der Waals surface area contributed by atoms with Crippen LogP contribution in [0.1, 0.15) is 44.4 Å². The largest absolute Gasteiger partial charge is 0.392 e. The highest BCUT2D eigenvalue weighted by atomic mass is 32.1. The van der Waals surface area contributed by atoms with Gasteiger partial charge in [0.2, 0.25) is 0 Å². The lowest BCUT2D eigenvalue weighted by Crippen LogP contribution is -2.41. The van der Waals surface area contributed by atoms with Crippen LogP contribution in [-0.2, 0) is 6.54 Å². The van der Waals surface area contributed by atoms with Crippen molar-refractivity contribution in [1.82, 2.24) is 10.3 Å². The van der Waals surface area contributed by atoms with Crippen LogP contribution in [0, 0.1) is 0 Å². The Bertz CT molecular complexity index is 379. The van der Waals surface area contributed by atoms with Crippen LogP contribution in [0.25, 0.3) is 0 Å². The molecule has 0 spiro atoms. The number of aliphatic hydroxyl groups excluding tert-OH is 1. The molecule has 2 rings (SSSR count). The second-order valence-electron chi connectivity index (χ2n) is 5.12. The second kappa shape index (κ2) is 7.22. The van der Waals surface area contributed by atoms with Crippen LogP contribution in [-0.4, -0.2) is 35.3 Å². The third-order valence-corrected chi connectivity index (χ3v) is 4.90. The van der Waals surface area contributed by atoms with Crippen molar-refractivity contribution in [2.24, 2.45) is 0 Å². The molecule has 0 bridgehead atoms. The SMILES string of the molecule is CCN(CC)c1ncc(CNC2CCCCC2O)s1. The van der Waals surface area contributed by atoms with Gasteiger partial charge >= 0.3 is 0 Å². The Hall–Kier alpha value is -0.650. The van der Waals surface area contributed by atoms with Gasteiger partial charge < -0.3 is 15.3 Å². The highest BCUT2D eigenvalue weighted by Crippen LogP contribution is 2.23. The lowest BCUT2D eigenvalue weighted by molar-refractivity contribution is 0.0904. The van der Waals surface area contributed by atoms with Crippen molar-refractivity contribution in [2.75, 3.05) is 18.0 Å². The number of aromatic nitrogens is 1. The van der Waals surface area contributed by atoms with E-state index in [9.17, 15) is 5.11 Å². The van der Waals surface area contributed by atoms with E-state index in [1.54, 1.807) is 11.3 Å². The smallest absolute Gasteiger partial charge is 0.185 e. The van der Waals surface area contributed by atoms with Crippen LogP contribution < -0.4 is 10.2 Å². The molecule has 108 valence electrons. The summed E-state index contributed by atoms with van der Waals surface area (Å²) in [6.07, 6.45) is 6.19. The van der Waals surface area contributed by atoms with Crippen LogP contribution in [0.4, 0.5) is 5.13 Å². The van der Waals surface area contributed by atoms with Crippen LogP contribution in [0.2, 0.25) is 0 Å². The van der Waals surface area contributed by atoms with Gasteiger partial charge in [-0.25, -0.2) is 4.98 Å². The molecule has 1 saturated carbocycles. The first-order chi connectivity index (χ1) is 9.24. The van der Waals surface area contributed by atoms with E-state index in [2.05, 4.69) is 29.0 Å². The van der Waals surface area contributed by atoms with Crippen LogP contribution in [0.5, 0.6) is 0 Å². The summed E-state index contributed by atoms with van der Waals surface area (Å²) in [7, 11) is 0. The molecule has 0 saturated heterocycles. The van der Waals surface area contributed by atoms with Crippen molar-refractivity contribution in [3.05, 3.63) is 11.1 Å². The van der Waals surface area contributed by atoms with Crippen molar-refractivity contribution in [2.45, 2.75) is 58.2 Å². The first-order valence-electron chi connectivity index (χ1n) is 7.35. The summed E-state index contributed by atoms with van der Waals surface area (Å²) >= 11 is 1.75. The van der Waals surface area contributed by atoms with Gasteiger partial charge in [0, 0.05) is 36.8 Å². The van der Waals surface area contributed by atoms with Crippen molar-refractivity contribution < 1.29 is 5.11 Å². The van der Waals surface area contributed by atoms with Gasteiger partial charge in [0.15, 0.2) is 5.13 Å². The average Bonchev–Trinajstić information content (AvgIpc) is 2.88. The normalized spacial score (nSPS) is 23.5. The quantitative estimate of drug-likeness (QED) is 0.841. The fourth-order valence-corrected chi connectivity index (χ4v) is 3.59. The molecule has 1 heterocycles. The third kappa shape index (κ3) is 3.91. The molecule has 1 aromatic heterocycles. The number of nitrogens with one attached hydrogen (secondary N) is 1. The number of rotatable bonds is 6. The molecule has 1 fully saturated rings. The maximum Gasteiger partial charge on any atom is 0.185 e. The minimum Gasteiger partial charge on any atom is -0.392 e. The molecule has 1 aromatic rings. The molecule has 0 aromatic carbocycles. The van der Waals surface area contributed by atoms with Crippen LogP contribution in [0.3, 0.4) is 0 Å². The van der Waals surface area contributed by atoms with Crippen molar-refractivity contribution >= 4 is 16.5 Å². The van der Waals surface area contributed by atoms with Gasteiger partial charge in [0.1, 0.15) is 0 Å². The Balaban J connectivity index is 1.86. The number of nitrogens with zero attached hydrogens (tertiary/aromatic N) is 2. The zero-order chi connectivity index (χ0) is 13.7. The molecule has 19 heavy (non-hydrogen) atoms. The molecule has 0 amide bonds.